The molecule has 0 bridgehead atoms. The zero-order valence-electron chi connectivity index (χ0n) is 11.8. The Morgan fingerprint density at radius 2 is 1.70 bits per heavy atom. The SMILES string of the molecule is COc1ccc2c(c1)CCN1CCc3ccccc3[C@H]21. The first kappa shape index (κ1) is 12.0. The number of fused-ring (bicyclic) bond motifs is 5. The third kappa shape index (κ3) is 1.75. The van der Waals surface area contributed by atoms with Gasteiger partial charge in [0.2, 0.25) is 0 Å². The number of rotatable bonds is 1. The molecule has 20 heavy (non-hydrogen) atoms. The highest BCUT2D eigenvalue weighted by molar-refractivity contribution is 5.47. The smallest absolute Gasteiger partial charge is 0.119 e. The first-order valence-electron chi connectivity index (χ1n) is 7.35. The fourth-order valence-corrected chi connectivity index (χ4v) is 3.68. The molecule has 0 radical (unpaired) electrons. The Bertz CT molecular complexity index is 650. The van der Waals surface area contributed by atoms with Crippen LogP contribution in [0.3, 0.4) is 0 Å². The van der Waals surface area contributed by atoms with Crippen LogP contribution < -0.4 is 4.74 Å². The lowest BCUT2D eigenvalue weighted by atomic mass is 9.83. The summed E-state index contributed by atoms with van der Waals surface area (Å²) in [7, 11) is 1.74. The minimum atomic E-state index is 0.439. The second kappa shape index (κ2) is 4.64. The molecule has 0 spiro atoms. The van der Waals surface area contributed by atoms with Crippen molar-refractivity contribution in [3.63, 3.8) is 0 Å². The molecule has 2 aromatic carbocycles. The molecule has 0 saturated carbocycles. The molecule has 2 aromatic rings. The van der Waals surface area contributed by atoms with Gasteiger partial charge >= 0.3 is 0 Å². The van der Waals surface area contributed by atoms with E-state index in [1.165, 1.54) is 35.2 Å². The lowest BCUT2D eigenvalue weighted by Crippen LogP contribution is -2.40. The summed E-state index contributed by atoms with van der Waals surface area (Å²) in [5.74, 6) is 0.973. The van der Waals surface area contributed by atoms with Crippen LogP contribution in [0.5, 0.6) is 5.75 Å². The first-order valence-corrected chi connectivity index (χ1v) is 7.35. The van der Waals surface area contributed by atoms with Crippen molar-refractivity contribution in [2.45, 2.75) is 18.9 Å². The standard InChI is InChI=1S/C18H19NO/c1-20-15-6-7-17-14(12-15)9-11-19-10-8-13-4-2-3-5-16(13)18(17)19/h2-7,12,18H,8-11H2,1H3/t18-/m1/s1. The number of nitrogens with zero attached hydrogens (tertiary/aromatic N) is 1. The number of methoxy groups -OCH3 is 1. The van der Waals surface area contributed by atoms with Gasteiger partial charge in [0.25, 0.3) is 0 Å². The summed E-state index contributed by atoms with van der Waals surface area (Å²) in [5.41, 5.74) is 5.91. The molecule has 2 heteroatoms. The maximum Gasteiger partial charge on any atom is 0.119 e. The van der Waals surface area contributed by atoms with Gasteiger partial charge in [-0.3, -0.25) is 4.90 Å². The monoisotopic (exact) mass is 265 g/mol. The molecule has 0 N–H and O–H groups in total. The molecule has 4 rings (SSSR count). The largest absolute Gasteiger partial charge is 0.497 e. The van der Waals surface area contributed by atoms with E-state index in [1.54, 1.807) is 7.11 Å². The second-order valence-corrected chi connectivity index (χ2v) is 5.70. The highest BCUT2D eigenvalue weighted by atomic mass is 16.5. The maximum absolute atomic E-state index is 5.37. The lowest BCUT2D eigenvalue weighted by Gasteiger charge is -2.41. The fraction of sp³-hybridized carbons (Fsp3) is 0.333. The molecule has 0 unspecified atom stereocenters. The zero-order chi connectivity index (χ0) is 13.5. The van der Waals surface area contributed by atoms with Crippen LogP contribution in [-0.4, -0.2) is 25.1 Å². The molecular weight excluding hydrogens is 246 g/mol. The van der Waals surface area contributed by atoms with Gasteiger partial charge in [0.05, 0.1) is 13.2 Å². The van der Waals surface area contributed by atoms with Crippen LogP contribution in [0.4, 0.5) is 0 Å². The van der Waals surface area contributed by atoms with Crippen molar-refractivity contribution in [2.24, 2.45) is 0 Å². The summed E-state index contributed by atoms with van der Waals surface area (Å²) in [6.07, 6.45) is 2.31. The van der Waals surface area contributed by atoms with E-state index in [9.17, 15) is 0 Å². The Morgan fingerprint density at radius 1 is 0.950 bits per heavy atom. The third-order valence-electron chi connectivity index (χ3n) is 4.70. The predicted octanol–water partition coefficient (Wildman–Crippen LogP) is 3.20. The minimum Gasteiger partial charge on any atom is -0.497 e. The van der Waals surface area contributed by atoms with Crippen LogP contribution in [0.25, 0.3) is 0 Å². The topological polar surface area (TPSA) is 12.5 Å². The molecule has 1 atom stereocenters. The summed E-state index contributed by atoms with van der Waals surface area (Å²) in [5, 5.41) is 0. The first-order chi connectivity index (χ1) is 9.86. The molecule has 2 aliphatic heterocycles. The van der Waals surface area contributed by atoms with E-state index in [0.29, 0.717) is 6.04 Å². The number of benzene rings is 2. The summed E-state index contributed by atoms with van der Waals surface area (Å²) < 4.78 is 5.37. The van der Waals surface area contributed by atoms with E-state index in [-0.39, 0.29) is 0 Å². The van der Waals surface area contributed by atoms with E-state index in [1.807, 2.05) is 0 Å². The summed E-state index contributed by atoms with van der Waals surface area (Å²) in [6, 6.07) is 15.9. The Morgan fingerprint density at radius 3 is 2.55 bits per heavy atom. The van der Waals surface area contributed by atoms with Gasteiger partial charge in [-0.1, -0.05) is 30.3 Å². The van der Waals surface area contributed by atoms with Gasteiger partial charge in [0.15, 0.2) is 0 Å². The quantitative estimate of drug-likeness (QED) is 0.785. The Balaban J connectivity index is 1.86. The highest BCUT2D eigenvalue weighted by Gasteiger charge is 2.32. The van der Waals surface area contributed by atoms with Crippen molar-refractivity contribution in [3.8, 4) is 5.75 Å². The number of ether oxygens (including phenoxy) is 1. The van der Waals surface area contributed by atoms with Crippen LogP contribution in [0, 0.1) is 0 Å². The normalized spacial score (nSPS) is 20.8. The van der Waals surface area contributed by atoms with Crippen LogP contribution in [0.2, 0.25) is 0 Å². The van der Waals surface area contributed by atoms with Crippen LogP contribution in [0.15, 0.2) is 42.5 Å². The minimum absolute atomic E-state index is 0.439. The number of hydrogen-bond donors (Lipinski definition) is 0. The van der Waals surface area contributed by atoms with Gasteiger partial charge in [-0.15, -0.1) is 0 Å². The van der Waals surface area contributed by atoms with Crippen molar-refractivity contribution in [1.29, 1.82) is 0 Å². The molecule has 0 aliphatic carbocycles. The Hall–Kier alpha value is -1.80. The van der Waals surface area contributed by atoms with Gasteiger partial charge in [-0.05, 0) is 47.2 Å². The van der Waals surface area contributed by atoms with Crippen molar-refractivity contribution >= 4 is 0 Å². The van der Waals surface area contributed by atoms with Gasteiger partial charge in [-0.25, -0.2) is 0 Å². The molecule has 0 aromatic heterocycles. The van der Waals surface area contributed by atoms with Crippen molar-refractivity contribution in [2.75, 3.05) is 20.2 Å². The average Bonchev–Trinajstić information content (AvgIpc) is 2.53. The van der Waals surface area contributed by atoms with Crippen LogP contribution in [0.1, 0.15) is 28.3 Å². The third-order valence-corrected chi connectivity index (χ3v) is 4.70. The zero-order valence-corrected chi connectivity index (χ0v) is 11.8. The molecule has 2 heterocycles. The fourth-order valence-electron chi connectivity index (χ4n) is 3.68. The van der Waals surface area contributed by atoms with Crippen molar-refractivity contribution in [3.05, 3.63) is 64.7 Å². The van der Waals surface area contributed by atoms with E-state index in [2.05, 4.69) is 47.4 Å². The molecule has 0 fully saturated rings. The van der Waals surface area contributed by atoms with Crippen LogP contribution in [-0.2, 0) is 12.8 Å². The molecule has 0 amide bonds. The lowest BCUT2D eigenvalue weighted by molar-refractivity contribution is 0.202. The van der Waals surface area contributed by atoms with Crippen molar-refractivity contribution < 1.29 is 4.74 Å². The second-order valence-electron chi connectivity index (χ2n) is 5.70. The summed E-state index contributed by atoms with van der Waals surface area (Å²) in [6.45, 7) is 2.33. The van der Waals surface area contributed by atoms with E-state index < -0.39 is 0 Å². The predicted molar refractivity (Wildman–Crippen MR) is 80.3 cm³/mol. The summed E-state index contributed by atoms with van der Waals surface area (Å²) >= 11 is 0. The molecule has 102 valence electrons. The van der Waals surface area contributed by atoms with Gasteiger partial charge in [0.1, 0.15) is 5.75 Å². The van der Waals surface area contributed by atoms with Crippen LogP contribution >= 0.6 is 0 Å². The molecule has 2 nitrogen and oxygen atoms in total. The summed E-state index contributed by atoms with van der Waals surface area (Å²) in [4.78, 5) is 2.62. The van der Waals surface area contributed by atoms with E-state index in [0.717, 1.165) is 18.7 Å². The van der Waals surface area contributed by atoms with Crippen molar-refractivity contribution in [1.82, 2.24) is 4.90 Å². The number of hydrogen-bond acceptors (Lipinski definition) is 2. The maximum atomic E-state index is 5.37. The Kier molecular flexibility index (Phi) is 2.78. The van der Waals surface area contributed by atoms with Gasteiger partial charge in [-0.2, -0.15) is 0 Å². The molecular formula is C18H19NO. The molecule has 0 saturated heterocycles. The van der Waals surface area contributed by atoms with Gasteiger partial charge in [0, 0.05) is 13.1 Å². The highest BCUT2D eigenvalue weighted by Crippen LogP contribution is 2.40. The average molecular weight is 265 g/mol. The van der Waals surface area contributed by atoms with E-state index >= 15 is 0 Å². The van der Waals surface area contributed by atoms with Gasteiger partial charge < -0.3 is 4.74 Å². The molecule has 2 aliphatic rings. The van der Waals surface area contributed by atoms with E-state index in [4.69, 9.17) is 4.74 Å². The Labute approximate surface area is 120 Å².